The highest BCUT2D eigenvalue weighted by Crippen LogP contribution is 2.46. The van der Waals surface area contributed by atoms with E-state index in [1.165, 1.54) is 18.2 Å². The SMILES string of the molecule is O=C(c1ccccc1)[C@@H]1[C@@H]2C(=O)N(c3cccc(F)c3)C(=O)[C@H]2[C@@H]2C=CC=NN12. The van der Waals surface area contributed by atoms with Crippen molar-refractivity contribution < 1.29 is 18.8 Å². The number of allylic oxidation sites excluding steroid dienone is 1. The van der Waals surface area contributed by atoms with Gasteiger partial charge in [-0.3, -0.25) is 19.4 Å². The van der Waals surface area contributed by atoms with Gasteiger partial charge >= 0.3 is 0 Å². The monoisotopic (exact) mass is 389 g/mol. The van der Waals surface area contributed by atoms with Crippen molar-refractivity contribution in [1.82, 2.24) is 5.01 Å². The Bertz CT molecular complexity index is 1080. The first-order valence-corrected chi connectivity index (χ1v) is 9.29. The minimum absolute atomic E-state index is 0.176. The first-order valence-electron chi connectivity index (χ1n) is 9.29. The number of nitrogens with zero attached hydrogens (tertiary/aromatic N) is 3. The van der Waals surface area contributed by atoms with Crippen LogP contribution < -0.4 is 4.90 Å². The van der Waals surface area contributed by atoms with Crippen molar-refractivity contribution in [3.8, 4) is 0 Å². The van der Waals surface area contributed by atoms with Crippen LogP contribution in [0.2, 0.25) is 0 Å². The maximum atomic E-state index is 13.7. The van der Waals surface area contributed by atoms with Crippen LogP contribution in [-0.2, 0) is 9.59 Å². The zero-order valence-corrected chi connectivity index (χ0v) is 15.2. The second-order valence-corrected chi connectivity index (χ2v) is 7.24. The second kappa shape index (κ2) is 6.48. The molecule has 5 rings (SSSR count). The van der Waals surface area contributed by atoms with Crippen LogP contribution >= 0.6 is 0 Å². The Kier molecular flexibility index (Phi) is 3.91. The molecule has 0 unspecified atom stereocenters. The van der Waals surface area contributed by atoms with E-state index < -0.39 is 41.6 Å². The van der Waals surface area contributed by atoms with Gasteiger partial charge in [0, 0.05) is 11.8 Å². The van der Waals surface area contributed by atoms with E-state index in [-0.39, 0.29) is 11.5 Å². The van der Waals surface area contributed by atoms with Gasteiger partial charge in [0.1, 0.15) is 11.9 Å². The third-order valence-electron chi connectivity index (χ3n) is 5.68. The van der Waals surface area contributed by atoms with Gasteiger partial charge in [0.25, 0.3) is 0 Å². The maximum absolute atomic E-state index is 13.7. The smallest absolute Gasteiger partial charge is 0.240 e. The van der Waals surface area contributed by atoms with Gasteiger partial charge in [-0.1, -0.05) is 42.5 Å². The molecule has 0 saturated carbocycles. The number of ketones is 1. The summed E-state index contributed by atoms with van der Waals surface area (Å²) in [5, 5.41) is 5.86. The lowest BCUT2D eigenvalue weighted by Gasteiger charge is -2.30. The molecule has 144 valence electrons. The summed E-state index contributed by atoms with van der Waals surface area (Å²) in [6, 6.07) is 12.6. The molecule has 2 amide bonds. The molecule has 2 aromatic carbocycles. The molecular weight excluding hydrogens is 373 g/mol. The Hall–Kier alpha value is -3.61. The normalized spacial score (nSPS) is 27.3. The minimum Gasteiger partial charge on any atom is -0.292 e. The fraction of sp³-hybridized carbons (Fsp3) is 0.182. The molecule has 7 heteroatoms. The minimum atomic E-state index is -0.899. The van der Waals surface area contributed by atoms with Crippen molar-refractivity contribution in [1.29, 1.82) is 0 Å². The average Bonchev–Trinajstić information content (AvgIpc) is 3.21. The van der Waals surface area contributed by atoms with E-state index in [2.05, 4.69) is 5.10 Å². The lowest BCUT2D eigenvalue weighted by Crippen LogP contribution is -2.46. The van der Waals surface area contributed by atoms with Crippen molar-refractivity contribution in [2.45, 2.75) is 12.1 Å². The summed E-state index contributed by atoms with van der Waals surface area (Å²) in [6.45, 7) is 0. The van der Waals surface area contributed by atoms with E-state index in [4.69, 9.17) is 0 Å². The molecule has 29 heavy (non-hydrogen) atoms. The average molecular weight is 389 g/mol. The summed E-state index contributed by atoms with van der Waals surface area (Å²) in [5.41, 5.74) is 0.626. The highest BCUT2D eigenvalue weighted by molar-refractivity contribution is 6.24. The Morgan fingerprint density at radius 2 is 1.72 bits per heavy atom. The zero-order valence-electron chi connectivity index (χ0n) is 15.2. The van der Waals surface area contributed by atoms with Gasteiger partial charge in [-0.25, -0.2) is 9.29 Å². The molecule has 0 aromatic heterocycles. The number of carbonyl (C=O) groups excluding carboxylic acids is 3. The fourth-order valence-corrected chi connectivity index (χ4v) is 4.48. The van der Waals surface area contributed by atoms with Crippen molar-refractivity contribution in [3.63, 3.8) is 0 Å². The number of rotatable bonds is 3. The van der Waals surface area contributed by atoms with Crippen LogP contribution in [-0.4, -0.2) is 40.9 Å². The number of hydrazone groups is 1. The number of amides is 2. The maximum Gasteiger partial charge on any atom is 0.240 e. The predicted octanol–water partition coefficient (Wildman–Crippen LogP) is 2.42. The lowest BCUT2D eigenvalue weighted by molar-refractivity contribution is -0.123. The molecule has 0 radical (unpaired) electrons. The highest BCUT2D eigenvalue weighted by atomic mass is 19.1. The van der Waals surface area contributed by atoms with Gasteiger partial charge in [0.2, 0.25) is 11.8 Å². The molecule has 2 saturated heterocycles. The van der Waals surface area contributed by atoms with Crippen molar-refractivity contribution in [2.75, 3.05) is 4.90 Å². The van der Waals surface area contributed by atoms with Gasteiger partial charge < -0.3 is 0 Å². The van der Waals surface area contributed by atoms with Gasteiger partial charge in [0.05, 0.1) is 23.6 Å². The highest BCUT2D eigenvalue weighted by Gasteiger charge is 2.64. The lowest BCUT2D eigenvalue weighted by atomic mass is 9.86. The standard InChI is InChI=1S/C22H16FN3O3/c23-14-8-4-9-15(12-14)25-21(28)17-16-10-5-11-24-26(16)19(18(17)22(25)29)20(27)13-6-2-1-3-7-13/h1-12,16-19H/t16-,17-,18+,19-/m0/s1. The summed E-state index contributed by atoms with van der Waals surface area (Å²) < 4.78 is 13.7. The van der Waals surface area contributed by atoms with Crippen molar-refractivity contribution in [3.05, 3.63) is 78.1 Å². The van der Waals surface area contributed by atoms with Gasteiger partial charge in [0.15, 0.2) is 5.78 Å². The summed E-state index contributed by atoms with van der Waals surface area (Å²) >= 11 is 0. The van der Waals surface area contributed by atoms with E-state index in [1.54, 1.807) is 53.7 Å². The fourth-order valence-electron chi connectivity index (χ4n) is 4.48. The van der Waals surface area contributed by atoms with Gasteiger partial charge in [-0.15, -0.1) is 0 Å². The van der Waals surface area contributed by atoms with Crippen LogP contribution in [0, 0.1) is 17.7 Å². The van der Waals surface area contributed by atoms with E-state index in [1.807, 2.05) is 0 Å². The number of hydrogen-bond donors (Lipinski definition) is 0. The molecule has 0 N–H and O–H groups in total. The number of carbonyl (C=O) groups is 3. The number of imide groups is 1. The van der Waals surface area contributed by atoms with Crippen LogP contribution in [0.4, 0.5) is 10.1 Å². The van der Waals surface area contributed by atoms with E-state index in [0.717, 1.165) is 11.0 Å². The topological polar surface area (TPSA) is 70.0 Å². The molecular formula is C22H16FN3O3. The summed E-state index contributed by atoms with van der Waals surface area (Å²) in [6.07, 6.45) is 5.03. The molecule has 3 aliphatic heterocycles. The summed E-state index contributed by atoms with van der Waals surface area (Å²) in [5.74, 6) is -3.39. The molecule has 3 heterocycles. The Morgan fingerprint density at radius 3 is 2.48 bits per heavy atom. The van der Waals surface area contributed by atoms with Gasteiger partial charge in [-0.05, 0) is 24.3 Å². The second-order valence-electron chi connectivity index (χ2n) is 7.24. The van der Waals surface area contributed by atoms with Crippen molar-refractivity contribution in [2.24, 2.45) is 16.9 Å². The summed E-state index contributed by atoms with van der Waals surface area (Å²) in [7, 11) is 0. The van der Waals surface area contributed by atoms with Crippen molar-refractivity contribution >= 4 is 29.5 Å². The Morgan fingerprint density at radius 1 is 0.966 bits per heavy atom. The van der Waals surface area contributed by atoms with Gasteiger partial charge in [-0.2, -0.15) is 5.10 Å². The van der Waals surface area contributed by atoms with E-state index in [0.29, 0.717) is 5.56 Å². The molecule has 2 aromatic rings. The number of benzene rings is 2. The number of anilines is 1. The first kappa shape index (κ1) is 17.5. The molecule has 2 fully saturated rings. The van der Waals surface area contributed by atoms with Crippen LogP contribution in [0.25, 0.3) is 0 Å². The third kappa shape index (κ3) is 2.54. The van der Waals surface area contributed by atoms with Crippen LogP contribution in [0.15, 0.2) is 71.9 Å². The first-order chi connectivity index (χ1) is 14.1. The quantitative estimate of drug-likeness (QED) is 0.597. The van der Waals surface area contributed by atoms with Crippen LogP contribution in [0.5, 0.6) is 0 Å². The molecule has 4 atom stereocenters. The zero-order chi connectivity index (χ0) is 20.1. The number of halogens is 1. The molecule has 0 spiro atoms. The Labute approximate surface area is 165 Å². The third-order valence-corrected chi connectivity index (χ3v) is 5.68. The Balaban J connectivity index is 1.59. The molecule has 6 nitrogen and oxygen atoms in total. The molecule has 0 aliphatic carbocycles. The van der Waals surface area contributed by atoms with Crippen LogP contribution in [0.1, 0.15) is 10.4 Å². The van der Waals surface area contributed by atoms with E-state index >= 15 is 0 Å². The van der Waals surface area contributed by atoms with E-state index in [9.17, 15) is 18.8 Å². The number of Topliss-reactive ketones (excluding diaryl/α,β-unsaturated/α-hetero) is 1. The molecule has 3 aliphatic rings. The predicted molar refractivity (Wildman–Crippen MR) is 104 cm³/mol. The number of hydrogen-bond acceptors (Lipinski definition) is 5. The number of fused-ring (bicyclic) bond motifs is 3. The van der Waals surface area contributed by atoms with Crippen LogP contribution in [0.3, 0.4) is 0 Å². The largest absolute Gasteiger partial charge is 0.292 e. The summed E-state index contributed by atoms with van der Waals surface area (Å²) in [4.78, 5) is 40.9. The molecule has 0 bridgehead atoms.